The maximum atomic E-state index is 14.0. The maximum Gasteiger partial charge on any atom is 0.252 e. The van der Waals surface area contributed by atoms with Gasteiger partial charge in [-0.2, -0.15) is 5.10 Å². The number of rotatable bonds is 3. The topological polar surface area (TPSA) is 109 Å². The molecule has 3 aromatic heterocycles. The van der Waals surface area contributed by atoms with Crippen molar-refractivity contribution in [2.75, 3.05) is 12.8 Å². The Labute approximate surface area is 124 Å². The number of carbonyl (C=O) groups is 1. The maximum absolute atomic E-state index is 14.0. The first-order chi connectivity index (χ1) is 10.5. The zero-order valence-corrected chi connectivity index (χ0v) is 11.6. The van der Waals surface area contributed by atoms with E-state index in [1.54, 1.807) is 12.3 Å². The third-order valence-corrected chi connectivity index (χ3v) is 3.29. The summed E-state index contributed by atoms with van der Waals surface area (Å²) in [5, 5.41) is 4.05. The van der Waals surface area contributed by atoms with Crippen LogP contribution in [0, 0.1) is 5.82 Å². The average molecular weight is 301 g/mol. The van der Waals surface area contributed by atoms with Gasteiger partial charge < -0.3 is 16.2 Å². The lowest BCUT2D eigenvalue weighted by molar-refractivity contribution is 0.100. The van der Waals surface area contributed by atoms with Crippen LogP contribution in [0.1, 0.15) is 10.4 Å². The van der Waals surface area contributed by atoms with Gasteiger partial charge in [0.15, 0.2) is 0 Å². The number of hydrogen-bond donors (Lipinski definition) is 2. The number of aromatic nitrogens is 3. The van der Waals surface area contributed by atoms with Crippen molar-refractivity contribution in [1.29, 1.82) is 0 Å². The van der Waals surface area contributed by atoms with Crippen molar-refractivity contribution in [1.82, 2.24) is 14.6 Å². The Morgan fingerprint density at radius 3 is 2.82 bits per heavy atom. The minimum absolute atomic E-state index is 0.116. The van der Waals surface area contributed by atoms with E-state index in [-0.39, 0.29) is 22.7 Å². The average Bonchev–Trinajstić information content (AvgIpc) is 2.92. The Morgan fingerprint density at radius 1 is 1.36 bits per heavy atom. The molecule has 0 saturated carbocycles. The zero-order chi connectivity index (χ0) is 15.9. The molecule has 1 amide bonds. The van der Waals surface area contributed by atoms with Crippen molar-refractivity contribution in [2.24, 2.45) is 5.73 Å². The second-order valence-corrected chi connectivity index (χ2v) is 4.60. The van der Waals surface area contributed by atoms with Gasteiger partial charge in [-0.1, -0.05) is 0 Å². The molecule has 0 unspecified atom stereocenters. The summed E-state index contributed by atoms with van der Waals surface area (Å²) in [6, 6.07) is 3.09. The summed E-state index contributed by atoms with van der Waals surface area (Å²) in [7, 11) is 1.44. The molecule has 22 heavy (non-hydrogen) atoms. The standard InChI is InChI=1S/C14H12FN5O2/c1-22-12-3-8(10(15)5-18-12)7-2-11-13(16)9(14(17)21)4-19-20(11)6-7/h2-6H,16H2,1H3,(H2,17,21). The highest BCUT2D eigenvalue weighted by molar-refractivity contribution is 6.01. The first kappa shape index (κ1) is 13.8. The normalized spacial score (nSPS) is 10.8. The quantitative estimate of drug-likeness (QED) is 0.756. The Balaban J connectivity index is 2.21. The van der Waals surface area contributed by atoms with Crippen LogP contribution < -0.4 is 16.2 Å². The van der Waals surface area contributed by atoms with Crippen LogP contribution in [0.15, 0.2) is 30.7 Å². The molecule has 0 bridgehead atoms. The number of ether oxygens (including phenoxy) is 1. The molecule has 112 valence electrons. The monoisotopic (exact) mass is 301 g/mol. The van der Waals surface area contributed by atoms with Crippen LogP contribution in [0.5, 0.6) is 5.88 Å². The number of pyridine rings is 1. The molecule has 0 fully saturated rings. The van der Waals surface area contributed by atoms with E-state index in [1.165, 1.54) is 23.9 Å². The summed E-state index contributed by atoms with van der Waals surface area (Å²) in [5.41, 5.74) is 12.7. The van der Waals surface area contributed by atoms with E-state index in [1.807, 2.05) is 0 Å². The molecule has 0 radical (unpaired) electrons. The largest absolute Gasteiger partial charge is 0.481 e. The van der Waals surface area contributed by atoms with Crippen LogP contribution in [0.4, 0.5) is 10.1 Å². The van der Waals surface area contributed by atoms with Gasteiger partial charge in [-0.3, -0.25) is 4.79 Å². The molecular formula is C14H12FN5O2. The van der Waals surface area contributed by atoms with Gasteiger partial charge in [0.05, 0.1) is 36.3 Å². The molecule has 0 spiro atoms. The molecule has 0 aliphatic rings. The Morgan fingerprint density at radius 2 is 2.14 bits per heavy atom. The van der Waals surface area contributed by atoms with Gasteiger partial charge in [0.2, 0.25) is 5.88 Å². The highest BCUT2D eigenvalue weighted by Gasteiger charge is 2.15. The molecule has 0 aliphatic carbocycles. The number of primary amides is 1. The van der Waals surface area contributed by atoms with Gasteiger partial charge in [0.25, 0.3) is 5.91 Å². The molecule has 3 rings (SSSR count). The van der Waals surface area contributed by atoms with E-state index in [0.717, 1.165) is 6.20 Å². The van der Waals surface area contributed by atoms with Crippen molar-refractivity contribution in [3.8, 4) is 17.0 Å². The molecular weight excluding hydrogens is 289 g/mol. The van der Waals surface area contributed by atoms with Crippen molar-refractivity contribution >= 4 is 17.1 Å². The number of nitrogens with zero attached hydrogens (tertiary/aromatic N) is 3. The summed E-state index contributed by atoms with van der Waals surface area (Å²) >= 11 is 0. The van der Waals surface area contributed by atoms with E-state index in [2.05, 4.69) is 10.1 Å². The lowest BCUT2D eigenvalue weighted by Crippen LogP contribution is -2.15. The fraction of sp³-hybridized carbons (Fsp3) is 0.0714. The number of fused-ring (bicyclic) bond motifs is 1. The van der Waals surface area contributed by atoms with Crippen LogP contribution in [0.2, 0.25) is 0 Å². The van der Waals surface area contributed by atoms with E-state index < -0.39 is 11.7 Å². The molecule has 3 heterocycles. The molecule has 0 atom stereocenters. The SMILES string of the molecule is COc1cc(-c2cc3c(N)c(C(N)=O)cnn3c2)c(F)cn1. The molecule has 0 aliphatic heterocycles. The Hall–Kier alpha value is -3.16. The van der Waals surface area contributed by atoms with E-state index in [9.17, 15) is 9.18 Å². The van der Waals surface area contributed by atoms with Crippen molar-refractivity contribution < 1.29 is 13.9 Å². The van der Waals surface area contributed by atoms with Crippen LogP contribution in [0.3, 0.4) is 0 Å². The first-order valence-corrected chi connectivity index (χ1v) is 6.28. The lowest BCUT2D eigenvalue weighted by Gasteiger charge is -2.02. The first-order valence-electron chi connectivity index (χ1n) is 6.28. The fourth-order valence-corrected chi connectivity index (χ4v) is 2.17. The molecule has 0 saturated heterocycles. The van der Waals surface area contributed by atoms with Gasteiger partial charge in [0, 0.05) is 23.4 Å². The van der Waals surface area contributed by atoms with Crippen LogP contribution in [-0.4, -0.2) is 27.6 Å². The predicted octanol–water partition coefficient (Wildman–Crippen LogP) is 1.23. The number of halogens is 1. The predicted molar refractivity (Wildman–Crippen MR) is 77.9 cm³/mol. The highest BCUT2D eigenvalue weighted by atomic mass is 19.1. The second-order valence-electron chi connectivity index (χ2n) is 4.60. The van der Waals surface area contributed by atoms with Crippen LogP contribution >= 0.6 is 0 Å². The van der Waals surface area contributed by atoms with Crippen molar-refractivity contribution in [3.63, 3.8) is 0 Å². The van der Waals surface area contributed by atoms with Gasteiger partial charge in [-0.15, -0.1) is 0 Å². The smallest absolute Gasteiger partial charge is 0.252 e. The number of hydrogen-bond acceptors (Lipinski definition) is 5. The summed E-state index contributed by atoms with van der Waals surface area (Å²) in [6.07, 6.45) is 3.94. The highest BCUT2D eigenvalue weighted by Crippen LogP contribution is 2.29. The van der Waals surface area contributed by atoms with Crippen molar-refractivity contribution in [3.05, 3.63) is 42.1 Å². The van der Waals surface area contributed by atoms with Gasteiger partial charge >= 0.3 is 0 Å². The van der Waals surface area contributed by atoms with Crippen LogP contribution in [-0.2, 0) is 0 Å². The summed E-state index contributed by atoms with van der Waals surface area (Å²) < 4.78 is 20.4. The fourth-order valence-electron chi connectivity index (χ4n) is 2.17. The van der Waals surface area contributed by atoms with E-state index in [4.69, 9.17) is 16.2 Å². The van der Waals surface area contributed by atoms with Crippen molar-refractivity contribution in [2.45, 2.75) is 0 Å². The van der Waals surface area contributed by atoms with Gasteiger partial charge in [0.1, 0.15) is 5.82 Å². The molecule has 8 heteroatoms. The van der Waals surface area contributed by atoms with Gasteiger partial charge in [-0.05, 0) is 6.07 Å². The second kappa shape index (κ2) is 4.99. The zero-order valence-electron chi connectivity index (χ0n) is 11.6. The van der Waals surface area contributed by atoms with Gasteiger partial charge in [-0.25, -0.2) is 13.9 Å². The molecule has 0 aromatic carbocycles. The number of anilines is 1. The summed E-state index contributed by atoms with van der Waals surface area (Å²) in [4.78, 5) is 15.1. The Bertz CT molecular complexity index is 890. The number of nitrogen functional groups attached to an aromatic ring is 1. The third kappa shape index (κ3) is 2.10. The number of nitrogens with two attached hydrogens (primary N) is 2. The minimum atomic E-state index is -0.674. The molecule has 3 aromatic rings. The third-order valence-electron chi connectivity index (χ3n) is 3.29. The van der Waals surface area contributed by atoms with Crippen LogP contribution in [0.25, 0.3) is 16.6 Å². The summed E-state index contributed by atoms with van der Waals surface area (Å²) in [5.74, 6) is -0.900. The summed E-state index contributed by atoms with van der Waals surface area (Å²) in [6.45, 7) is 0. The number of methoxy groups -OCH3 is 1. The van der Waals surface area contributed by atoms with E-state index in [0.29, 0.717) is 11.1 Å². The van der Waals surface area contributed by atoms with E-state index >= 15 is 0 Å². The lowest BCUT2D eigenvalue weighted by atomic mass is 10.1. The number of amides is 1. The number of carbonyl (C=O) groups excluding carboxylic acids is 1. The minimum Gasteiger partial charge on any atom is -0.481 e. The molecule has 4 N–H and O–H groups in total. The Kier molecular flexibility index (Phi) is 3.13. The molecule has 7 nitrogen and oxygen atoms in total.